The van der Waals surface area contributed by atoms with Crippen LogP contribution in [-0.4, -0.2) is 57.4 Å². The summed E-state index contributed by atoms with van der Waals surface area (Å²) in [4.78, 5) is 30.0. The molecule has 0 bridgehead atoms. The van der Waals surface area contributed by atoms with E-state index in [1.165, 1.54) is 19.6 Å². The predicted molar refractivity (Wildman–Crippen MR) is 114 cm³/mol. The lowest BCUT2D eigenvalue weighted by atomic mass is 10.1. The molecule has 10 nitrogen and oxygen atoms in total. The van der Waals surface area contributed by atoms with Gasteiger partial charge in [-0.1, -0.05) is 20.8 Å². The van der Waals surface area contributed by atoms with Crippen molar-refractivity contribution < 1.29 is 23.0 Å². The van der Waals surface area contributed by atoms with E-state index in [0.717, 1.165) is 19.3 Å². The minimum atomic E-state index is -4.86. The molecule has 1 fully saturated rings. The highest BCUT2D eigenvalue weighted by Crippen LogP contribution is 2.42. The molecule has 0 atom stereocenters. The summed E-state index contributed by atoms with van der Waals surface area (Å²) in [5.74, 6) is -1.43. The summed E-state index contributed by atoms with van der Waals surface area (Å²) in [5.41, 5.74) is -2.42. The summed E-state index contributed by atoms with van der Waals surface area (Å²) >= 11 is 0. The molecular weight excluding hydrogens is 433 g/mol. The standard InChI is InChI=1S/C13H12F3N5O4.C6H15N/c14-13(15,16)12-17-9-7(20(22)23)6-8(21(24)25)11(10(9)18-12)19-4-2-1-3-5-19;1-4-7(5-2)6-3/h6H,1-5H2,(H,17,18);4-6H2,1-3H3. The van der Waals surface area contributed by atoms with Crippen molar-refractivity contribution in [2.24, 2.45) is 0 Å². The first-order valence-corrected chi connectivity index (χ1v) is 10.4. The number of H-pyrrole nitrogens is 1. The molecule has 0 saturated carbocycles. The van der Waals surface area contributed by atoms with Gasteiger partial charge in [0.25, 0.3) is 0 Å². The Balaban J connectivity index is 0.000000451. The van der Waals surface area contributed by atoms with Gasteiger partial charge in [0.05, 0.1) is 15.9 Å². The number of fused-ring (bicyclic) bond motifs is 1. The van der Waals surface area contributed by atoms with Crippen LogP contribution in [-0.2, 0) is 6.18 Å². The lowest BCUT2D eigenvalue weighted by molar-refractivity contribution is -0.392. The molecule has 1 aromatic heterocycles. The molecule has 0 aliphatic carbocycles. The second-order valence-electron chi connectivity index (χ2n) is 7.25. The Kier molecular flexibility index (Phi) is 8.36. The number of nitrogens with one attached hydrogen (secondary N) is 1. The van der Waals surface area contributed by atoms with E-state index in [-0.39, 0.29) is 11.2 Å². The molecule has 3 rings (SSSR count). The Morgan fingerprint density at radius 1 is 1.03 bits per heavy atom. The van der Waals surface area contributed by atoms with Gasteiger partial charge in [-0.15, -0.1) is 0 Å². The van der Waals surface area contributed by atoms with Crippen molar-refractivity contribution in [1.29, 1.82) is 0 Å². The number of benzene rings is 1. The van der Waals surface area contributed by atoms with Crippen LogP contribution in [0.1, 0.15) is 45.9 Å². The summed E-state index contributed by atoms with van der Waals surface area (Å²) in [6.45, 7) is 10.9. The van der Waals surface area contributed by atoms with E-state index in [1.54, 1.807) is 4.90 Å². The molecule has 1 saturated heterocycles. The van der Waals surface area contributed by atoms with E-state index in [2.05, 4.69) is 30.7 Å². The molecule has 178 valence electrons. The Labute approximate surface area is 182 Å². The van der Waals surface area contributed by atoms with Gasteiger partial charge in [0, 0.05) is 13.1 Å². The van der Waals surface area contributed by atoms with E-state index >= 15 is 0 Å². The number of halogens is 3. The molecule has 2 heterocycles. The number of rotatable bonds is 6. The van der Waals surface area contributed by atoms with Crippen molar-refractivity contribution in [1.82, 2.24) is 14.9 Å². The number of anilines is 1. The van der Waals surface area contributed by atoms with Crippen LogP contribution in [0.4, 0.5) is 30.2 Å². The van der Waals surface area contributed by atoms with E-state index in [1.807, 2.05) is 4.98 Å². The van der Waals surface area contributed by atoms with Crippen LogP contribution in [0.15, 0.2) is 6.07 Å². The molecule has 0 radical (unpaired) electrons. The number of alkyl halides is 3. The highest BCUT2D eigenvalue weighted by atomic mass is 19.4. The van der Waals surface area contributed by atoms with Gasteiger partial charge in [-0.25, -0.2) is 4.98 Å². The normalized spacial score (nSPS) is 14.4. The van der Waals surface area contributed by atoms with Crippen LogP contribution >= 0.6 is 0 Å². The van der Waals surface area contributed by atoms with Crippen LogP contribution < -0.4 is 4.90 Å². The minimum absolute atomic E-state index is 0.0895. The Morgan fingerprint density at radius 2 is 1.56 bits per heavy atom. The van der Waals surface area contributed by atoms with Gasteiger partial charge in [-0.3, -0.25) is 20.2 Å². The monoisotopic (exact) mass is 460 g/mol. The molecule has 1 aliphatic rings. The number of imidazole rings is 1. The number of nitro groups is 2. The third kappa shape index (κ3) is 5.64. The number of piperidine rings is 1. The molecular formula is C19H27F3N6O4. The van der Waals surface area contributed by atoms with Crippen molar-refractivity contribution in [3.63, 3.8) is 0 Å². The molecule has 1 aliphatic heterocycles. The minimum Gasteiger partial charge on any atom is -0.364 e. The molecule has 0 amide bonds. The summed E-state index contributed by atoms with van der Waals surface area (Å²) in [6.07, 6.45) is -2.52. The molecule has 0 unspecified atom stereocenters. The number of aromatic nitrogens is 2. The van der Waals surface area contributed by atoms with Gasteiger partial charge in [-0.2, -0.15) is 13.2 Å². The average Bonchev–Trinajstić information content (AvgIpc) is 3.20. The quantitative estimate of drug-likeness (QED) is 0.488. The second kappa shape index (κ2) is 10.6. The highest BCUT2D eigenvalue weighted by Gasteiger charge is 2.39. The SMILES string of the molecule is CCN(CC)CC.O=[N+]([O-])c1cc([N+](=O)[O-])c2nc(C(F)(F)F)[nH]c2c1N1CCCCC1. The summed E-state index contributed by atoms with van der Waals surface area (Å²) in [6, 6.07) is 0.674. The van der Waals surface area contributed by atoms with Gasteiger partial charge in [-0.05, 0) is 38.9 Å². The maximum absolute atomic E-state index is 13.0. The van der Waals surface area contributed by atoms with Crippen LogP contribution in [0.2, 0.25) is 0 Å². The Hall–Kier alpha value is -2.96. The molecule has 32 heavy (non-hydrogen) atoms. The fourth-order valence-electron chi connectivity index (χ4n) is 3.65. The third-order valence-corrected chi connectivity index (χ3v) is 5.38. The number of hydrogen-bond acceptors (Lipinski definition) is 7. The lowest BCUT2D eigenvalue weighted by Gasteiger charge is -2.28. The first-order chi connectivity index (χ1) is 15.0. The molecule has 2 aromatic rings. The topological polar surface area (TPSA) is 121 Å². The summed E-state index contributed by atoms with van der Waals surface area (Å²) in [5, 5.41) is 22.6. The Morgan fingerprint density at radius 3 is 1.97 bits per heavy atom. The first kappa shape index (κ1) is 25.3. The molecule has 13 heteroatoms. The maximum atomic E-state index is 13.0. The summed E-state index contributed by atoms with van der Waals surface area (Å²) < 4.78 is 38.9. The van der Waals surface area contributed by atoms with Crippen molar-refractivity contribution in [3.05, 3.63) is 32.1 Å². The van der Waals surface area contributed by atoms with Gasteiger partial charge in [0.15, 0.2) is 5.52 Å². The van der Waals surface area contributed by atoms with Gasteiger partial charge >= 0.3 is 17.6 Å². The molecule has 1 aromatic carbocycles. The van der Waals surface area contributed by atoms with Crippen molar-refractivity contribution >= 4 is 28.1 Å². The van der Waals surface area contributed by atoms with Gasteiger partial charge in [0.1, 0.15) is 11.2 Å². The summed E-state index contributed by atoms with van der Waals surface area (Å²) in [7, 11) is 0. The number of non-ortho nitro benzene ring substituents is 1. The zero-order valence-corrected chi connectivity index (χ0v) is 18.2. The Bertz CT molecular complexity index is 947. The number of nitrogens with zero attached hydrogens (tertiary/aromatic N) is 5. The van der Waals surface area contributed by atoms with E-state index in [9.17, 15) is 33.4 Å². The number of hydrogen-bond donors (Lipinski definition) is 1. The van der Waals surface area contributed by atoms with Crippen molar-refractivity contribution in [2.45, 2.75) is 46.2 Å². The van der Waals surface area contributed by atoms with Crippen molar-refractivity contribution in [3.8, 4) is 0 Å². The van der Waals surface area contributed by atoms with Gasteiger partial charge in [0.2, 0.25) is 5.82 Å². The fraction of sp³-hybridized carbons (Fsp3) is 0.632. The zero-order chi connectivity index (χ0) is 24.1. The smallest absolute Gasteiger partial charge is 0.364 e. The van der Waals surface area contributed by atoms with Crippen LogP contribution in [0.25, 0.3) is 11.0 Å². The fourth-order valence-corrected chi connectivity index (χ4v) is 3.65. The number of nitro benzene ring substituents is 2. The number of aromatic amines is 1. The average molecular weight is 460 g/mol. The molecule has 0 spiro atoms. The van der Waals surface area contributed by atoms with Crippen molar-refractivity contribution in [2.75, 3.05) is 37.6 Å². The van der Waals surface area contributed by atoms with Crippen LogP contribution in [0.3, 0.4) is 0 Å². The zero-order valence-electron chi connectivity index (χ0n) is 18.2. The van der Waals surface area contributed by atoms with E-state index in [4.69, 9.17) is 0 Å². The highest BCUT2D eigenvalue weighted by molar-refractivity contribution is 6.00. The maximum Gasteiger partial charge on any atom is 0.449 e. The third-order valence-electron chi connectivity index (χ3n) is 5.38. The largest absolute Gasteiger partial charge is 0.449 e. The van der Waals surface area contributed by atoms with E-state index < -0.39 is 38.7 Å². The van der Waals surface area contributed by atoms with Gasteiger partial charge < -0.3 is 14.8 Å². The van der Waals surface area contributed by atoms with Crippen LogP contribution in [0.5, 0.6) is 0 Å². The predicted octanol–water partition coefficient (Wildman–Crippen LogP) is 4.74. The second-order valence-corrected chi connectivity index (χ2v) is 7.25. The molecule has 1 N–H and O–H groups in total. The van der Waals surface area contributed by atoms with Crippen LogP contribution in [0, 0.1) is 20.2 Å². The van der Waals surface area contributed by atoms with E-state index in [0.29, 0.717) is 19.2 Å². The first-order valence-electron chi connectivity index (χ1n) is 10.4. The lowest BCUT2D eigenvalue weighted by Crippen LogP contribution is -2.30.